The highest BCUT2D eigenvalue weighted by Gasteiger charge is 2.42. The Bertz CT molecular complexity index is 437. The van der Waals surface area contributed by atoms with Crippen molar-refractivity contribution in [3.05, 3.63) is 22.6 Å². The van der Waals surface area contributed by atoms with Crippen LogP contribution in [0.5, 0.6) is 0 Å². The predicted molar refractivity (Wildman–Crippen MR) is 66.8 cm³/mol. The minimum absolute atomic E-state index is 0.0134. The third-order valence-electron chi connectivity index (χ3n) is 3.84. The fourth-order valence-corrected chi connectivity index (χ4v) is 3.14. The molecule has 0 saturated carbocycles. The van der Waals surface area contributed by atoms with Gasteiger partial charge in [0.05, 0.1) is 0 Å². The lowest BCUT2D eigenvalue weighted by Crippen LogP contribution is -2.33. The topological polar surface area (TPSA) is 45.5 Å². The van der Waals surface area contributed by atoms with Crippen LogP contribution in [0.2, 0.25) is 0 Å². The van der Waals surface area contributed by atoms with Crippen LogP contribution in [0.25, 0.3) is 0 Å². The smallest absolute Gasteiger partial charge is 0.289 e. The molecule has 2 aliphatic heterocycles. The average Bonchev–Trinajstić information content (AvgIpc) is 3.02. The highest BCUT2D eigenvalue weighted by Crippen LogP contribution is 2.36. The minimum Gasteiger partial charge on any atom is -0.444 e. The molecule has 4 nitrogen and oxygen atoms in total. The second kappa shape index (κ2) is 4.14. The van der Waals surface area contributed by atoms with E-state index in [4.69, 9.17) is 4.42 Å². The molecule has 3 rings (SSSR count). The van der Waals surface area contributed by atoms with Gasteiger partial charge in [0.1, 0.15) is 0 Å². The molecule has 0 aliphatic carbocycles. The molecule has 1 aromatic heterocycles. The van der Waals surface area contributed by atoms with Gasteiger partial charge in [-0.1, -0.05) is 0 Å². The van der Waals surface area contributed by atoms with E-state index in [1.54, 1.807) is 12.1 Å². The van der Waals surface area contributed by atoms with Gasteiger partial charge < -0.3 is 14.6 Å². The third-order valence-corrected chi connectivity index (χ3v) is 4.27. The summed E-state index contributed by atoms with van der Waals surface area (Å²) in [5.74, 6) is 0.444. The molecule has 1 unspecified atom stereocenters. The number of carbonyl (C=O) groups is 1. The maximum atomic E-state index is 12.2. The van der Waals surface area contributed by atoms with E-state index >= 15 is 0 Å². The van der Waals surface area contributed by atoms with E-state index in [0.717, 1.165) is 32.6 Å². The third kappa shape index (κ3) is 2.02. The zero-order valence-electron chi connectivity index (χ0n) is 9.54. The Morgan fingerprint density at radius 3 is 3.00 bits per heavy atom. The molecule has 1 N–H and O–H groups in total. The van der Waals surface area contributed by atoms with Gasteiger partial charge in [0.25, 0.3) is 5.91 Å². The van der Waals surface area contributed by atoms with E-state index in [1.165, 1.54) is 6.42 Å². The first-order valence-corrected chi connectivity index (χ1v) is 6.73. The maximum absolute atomic E-state index is 12.2. The van der Waals surface area contributed by atoms with Crippen LogP contribution < -0.4 is 5.32 Å². The molecule has 0 radical (unpaired) electrons. The van der Waals surface area contributed by atoms with Crippen LogP contribution in [-0.4, -0.2) is 37.0 Å². The fraction of sp³-hybridized carbons (Fsp3) is 0.583. The van der Waals surface area contributed by atoms with Crippen LogP contribution in [0, 0.1) is 5.41 Å². The van der Waals surface area contributed by atoms with Gasteiger partial charge >= 0.3 is 0 Å². The van der Waals surface area contributed by atoms with Crippen molar-refractivity contribution < 1.29 is 9.21 Å². The first kappa shape index (κ1) is 11.3. The lowest BCUT2D eigenvalue weighted by Gasteiger charge is -2.22. The lowest BCUT2D eigenvalue weighted by molar-refractivity contribution is 0.0742. The molecule has 0 aromatic carbocycles. The molecule has 2 fully saturated rings. The molecule has 3 heterocycles. The number of nitrogens with one attached hydrogen (secondary N) is 1. The molecule has 1 amide bonds. The van der Waals surface area contributed by atoms with Gasteiger partial charge in [-0.15, -0.1) is 0 Å². The number of rotatable bonds is 1. The van der Waals surface area contributed by atoms with Gasteiger partial charge in [-0.05, 0) is 47.4 Å². The van der Waals surface area contributed by atoms with E-state index in [0.29, 0.717) is 15.8 Å². The Hall–Kier alpha value is -0.810. The van der Waals surface area contributed by atoms with Crippen molar-refractivity contribution in [2.24, 2.45) is 5.41 Å². The van der Waals surface area contributed by atoms with Crippen LogP contribution in [0.3, 0.4) is 0 Å². The Labute approximate surface area is 108 Å². The summed E-state index contributed by atoms with van der Waals surface area (Å²) >= 11 is 3.22. The van der Waals surface area contributed by atoms with Gasteiger partial charge in [0.2, 0.25) is 0 Å². The van der Waals surface area contributed by atoms with Crippen molar-refractivity contribution in [1.82, 2.24) is 10.2 Å². The lowest BCUT2D eigenvalue weighted by atomic mass is 9.87. The SMILES string of the molecule is O=C(c1ccc(Br)o1)N1CCC2(CCNC2)C1. The molecule has 2 saturated heterocycles. The molecule has 1 atom stereocenters. The summed E-state index contributed by atoms with van der Waals surface area (Å²) in [6.45, 7) is 3.82. The first-order valence-electron chi connectivity index (χ1n) is 5.94. The maximum Gasteiger partial charge on any atom is 0.289 e. The quantitative estimate of drug-likeness (QED) is 0.861. The molecular weight excluding hydrogens is 284 g/mol. The van der Waals surface area contributed by atoms with Gasteiger partial charge in [-0.2, -0.15) is 0 Å². The van der Waals surface area contributed by atoms with E-state index < -0.39 is 0 Å². The molecular formula is C12H15BrN2O2. The molecule has 1 aromatic rings. The van der Waals surface area contributed by atoms with Crippen molar-refractivity contribution in [3.8, 4) is 0 Å². The number of amides is 1. The van der Waals surface area contributed by atoms with Crippen LogP contribution in [-0.2, 0) is 0 Å². The summed E-state index contributed by atoms with van der Waals surface area (Å²) < 4.78 is 5.93. The fourth-order valence-electron chi connectivity index (χ4n) is 2.84. The van der Waals surface area contributed by atoms with Crippen molar-refractivity contribution in [3.63, 3.8) is 0 Å². The zero-order valence-corrected chi connectivity index (χ0v) is 11.1. The van der Waals surface area contributed by atoms with Crippen LogP contribution >= 0.6 is 15.9 Å². The minimum atomic E-state index is 0.0134. The standard InChI is InChI=1S/C12H15BrN2O2/c13-10-2-1-9(17-10)11(16)15-6-4-12(8-15)3-5-14-7-12/h1-2,14H,3-8H2. The van der Waals surface area contributed by atoms with Crippen LogP contribution in [0.15, 0.2) is 21.2 Å². The molecule has 2 aliphatic rings. The van der Waals surface area contributed by atoms with Gasteiger partial charge in [-0.3, -0.25) is 4.79 Å². The predicted octanol–water partition coefficient (Wildman–Crippen LogP) is 1.87. The number of furan rings is 1. The van der Waals surface area contributed by atoms with Gasteiger partial charge in [-0.25, -0.2) is 0 Å². The number of hydrogen-bond donors (Lipinski definition) is 1. The number of nitrogens with zero attached hydrogens (tertiary/aromatic N) is 1. The molecule has 0 bridgehead atoms. The summed E-state index contributed by atoms with van der Waals surface area (Å²) in [5.41, 5.74) is 0.319. The Balaban J connectivity index is 1.72. The Kier molecular flexibility index (Phi) is 2.75. The Morgan fingerprint density at radius 1 is 1.47 bits per heavy atom. The average molecular weight is 299 g/mol. The highest BCUT2D eigenvalue weighted by molar-refractivity contribution is 9.10. The number of halogens is 1. The van der Waals surface area contributed by atoms with E-state index in [1.807, 2.05) is 4.90 Å². The highest BCUT2D eigenvalue weighted by atomic mass is 79.9. The van der Waals surface area contributed by atoms with Crippen molar-refractivity contribution in [2.45, 2.75) is 12.8 Å². The Morgan fingerprint density at radius 2 is 2.35 bits per heavy atom. The second-order valence-corrected chi connectivity index (χ2v) is 5.79. The molecule has 92 valence electrons. The van der Waals surface area contributed by atoms with E-state index in [2.05, 4.69) is 21.2 Å². The van der Waals surface area contributed by atoms with Gasteiger partial charge in [0, 0.05) is 25.0 Å². The van der Waals surface area contributed by atoms with Crippen molar-refractivity contribution >= 4 is 21.8 Å². The summed E-state index contributed by atoms with van der Waals surface area (Å²) in [6.07, 6.45) is 2.28. The van der Waals surface area contributed by atoms with Crippen molar-refractivity contribution in [2.75, 3.05) is 26.2 Å². The number of likely N-dealkylation sites (tertiary alicyclic amines) is 1. The molecule has 17 heavy (non-hydrogen) atoms. The second-order valence-electron chi connectivity index (χ2n) is 5.01. The molecule has 5 heteroatoms. The van der Waals surface area contributed by atoms with E-state index in [9.17, 15) is 4.79 Å². The largest absolute Gasteiger partial charge is 0.444 e. The van der Waals surface area contributed by atoms with E-state index in [-0.39, 0.29) is 5.91 Å². The normalized spacial score (nSPS) is 28.2. The van der Waals surface area contributed by atoms with Crippen LogP contribution in [0.4, 0.5) is 0 Å². The summed E-state index contributed by atoms with van der Waals surface area (Å²) in [5, 5.41) is 3.39. The summed E-state index contributed by atoms with van der Waals surface area (Å²) in [4.78, 5) is 14.1. The summed E-state index contributed by atoms with van der Waals surface area (Å²) in [6, 6.07) is 3.49. The zero-order chi connectivity index (χ0) is 11.9. The summed E-state index contributed by atoms with van der Waals surface area (Å²) in [7, 11) is 0. The molecule has 1 spiro atoms. The number of hydrogen-bond acceptors (Lipinski definition) is 3. The number of carbonyl (C=O) groups excluding carboxylic acids is 1. The van der Waals surface area contributed by atoms with Gasteiger partial charge in [0.15, 0.2) is 10.4 Å². The monoisotopic (exact) mass is 298 g/mol. The van der Waals surface area contributed by atoms with Crippen LogP contribution in [0.1, 0.15) is 23.4 Å². The first-order chi connectivity index (χ1) is 8.19. The van der Waals surface area contributed by atoms with Crippen molar-refractivity contribution in [1.29, 1.82) is 0 Å².